The Morgan fingerprint density at radius 3 is 2.57 bits per heavy atom. The highest BCUT2D eigenvalue weighted by Crippen LogP contribution is 2.26. The molecule has 0 saturated carbocycles. The molecule has 2 amide bonds. The summed E-state index contributed by atoms with van der Waals surface area (Å²) in [4.78, 5) is 30.2. The number of fused-ring (bicyclic) bond motifs is 1. The summed E-state index contributed by atoms with van der Waals surface area (Å²) in [6.07, 6.45) is 2.76. The second-order valence-corrected chi connectivity index (χ2v) is 8.14. The first-order valence-electron chi connectivity index (χ1n) is 10.2. The first kappa shape index (κ1) is 20.1. The predicted molar refractivity (Wildman–Crippen MR) is 111 cm³/mol. The summed E-state index contributed by atoms with van der Waals surface area (Å²) in [5.41, 5.74) is 3.13. The standard InChI is InChI=1S/C22H30N4O2/c1-14(2)13-23-21(27)19-18-11-7-8-12-26(18)20(25-19)22(28)24-17-10-6-5-9-16(17)15(3)4/h5-6,9-10,14-15H,7-8,11-13H2,1-4H3,(H,23,27)(H,24,28). The minimum absolute atomic E-state index is 0.194. The van der Waals surface area contributed by atoms with Crippen molar-refractivity contribution in [2.75, 3.05) is 11.9 Å². The number of aromatic nitrogens is 2. The normalized spacial score (nSPS) is 13.5. The van der Waals surface area contributed by atoms with Gasteiger partial charge < -0.3 is 15.2 Å². The van der Waals surface area contributed by atoms with E-state index in [9.17, 15) is 9.59 Å². The molecule has 28 heavy (non-hydrogen) atoms. The molecule has 0 unspecified atom stereocenters. The number of amides is 2. The fourth-order valence-electron chi connectivity index (χ4n) is 3.57. The number of anilines is 1. The van der Waals surface area contributed by atoms with Crippen LogP contribution in [0.25, 0.3) is 0 Å². The van der Waals surface area contributed by atoms with Crippen LogP contribution in [0.2, 0.25) is 0 Å². The van der Waals surface area contributed by atoms with Crippen molar-refractivity contribution in [3.63, 3.8) is 0 Å². The van der Waals surface area contributed by atoms with Crippen LogP contribution < -0.4 is 10.6 Å². The van der Waals surface area contributed by atoms with Crippen LogP contribution in [0.15, 0.2) is 24.3 Å². The Hall–Kier alpha value is -2.63. The lowest BCUT2D eigenvalue weighted by Gasteiger charge is -2.18. The Labute approximate surface area is 166 Å². The molecule has 1 aliphatic heterocycles. The highest BCUT2D eigenvalue weighted by molar-refractivity contribution is 6.04. The molecule has 1 aromatic heterocycles. The van der Waals surface area contributed by atoms with Crippen molar-refractivity contribution in [2.45, 2.75) is 59.4 Å². The highest BCUT2D eigenvalue weighted by Gasteiger charge is 2.27. The van der Waals surface area contributed by atoms with E-state index < -0.39 is 0 Å². The van der Waals surface area contributed by atoms with Gasteiger partial charge in [-0.15, -0.1) is 0 Å². The predicted octanol–water partition coefficient (Wildman–Crippen LogP) is 3.98. The van der Waals surface area contributed by atoms with Gasteiger partial charge in [0.1, 0.15) is 5.69 Å². The number of nitrogens with one attached hydrogen (secondary N) is 2. The minimum atomic E-state index is -0.265. The van der Waals surface area contributed by atoms with Crippen LogP contribution in [0.4, 0.5) is 5.69 Å². The van der Waals surface area contributed by atoms with Crippen LogP contribution in [0.1, 0.15) is 78.8 Å². The van der Waals surface area contributed by atoms with E-state index in [1.54, 1.807) is 0 Å². The third-order valence-electron chi connectivity index (χ3n) is 5.04. The first-order chi connectivity index (χ1) is 13.4. The highest BCUT2D eigenvalue weighted by atomic mass is 16.2. The van der Waals surface area contributed by atoms with Crippen molar-refractivity contribution in [2.24, 2.45) is 5.92 Å². The van der Waals surface area contributed by atoms with Gasteiger partial charge in [0, 0.05) is 18.8 Å². The average molecular weight is 383 g/mol. The number of carbonyl (C=O) groups excluding carboxylic acids is 2. The fourth-order valence-corrected chi connectivity index (χ4v) is 3.57. The number of hydrogen-bond acceptors (Lipinski definition) is 3. The Balaban J connectivity index is 1.89. The number of imidazole rings is 1. The van der Waals surface area contributed by atoms with Gasteiger partial charge in [-0.25, -0.2) is 4.98 Å². The molecule has 150 valence electrons. The summed E-state index contributed by atoms with van der Waals surface area (Å²) in [5, 5.41) is 5.93. The summed E-state index contributed by atoms with van der Waals surface area (Å²) >= 11 is 0. The van der Waals surface area contributed by atoms with Gasteiger partial charge in [0.05, 0.1) is 5.69 Å². The number of para-hydroxylation sites is 1. The molecular formula is C22H30N4O2. The number of benzene rings is 1. The van der Waals surface area contributed by atoms with E-state index in [0.717, 1.165) is 36.2 Å². The second-order valence-electron chi connectivity index (χ2n) is 8.14. The third-order valence-corrected chi connectivity index (χ3v) is 5.04. The van der Waals surface area contributed by atoms with Crippen molar-refractivity contribution in [3.8, 4) is 0 Å². The van der Waals surface area contributed by atoms with E-state index in [4.69, 9.17) is 0 Å². The molecule has 0 aliphatic carbocycles. The second kappa shape index (κ2) is 8.59. The van der Waals surface area contributed by atoms with Crippen molar-refractivity contribution >= 4 is 17.5 Å². The largest absolute Gasteiger partial charge is 0.350 e. The topological polar surface area (TPSA) is 76.0 Å². The molecule has 0 atom stereocenters. The van der Waals surface area contributed by atoms with Gasteiger partial charge in [0.2, 0.25) is 0 Å². The molecule has 2 aromatic rings. The quantitative estimate of drug-likeness (QED) is 0.793. The van der Waals surface area contributed by atoms with Crippen LogP contribution in [-0.2, 0) is 13.0 Å². The number of rotatable bonds is 6. The molecule has 1 aromatic carbocycles. The van der Waals surface area contributed by atoms with Gasteiger partial charge in [0.25, 0.3) is 11.8 Å². The maximum absolute atomic E-state index is 13.0. The van der Waals surface area contributed by atoms with Gasteiger partial charge in [-0.3, -0.25) is 9.59 Å². The Bertz CT molecular complexity index is 867. The van der Waals surface area contributed by atoms with Gasteiger partial charge >= 0.3 is 0 Å². The van der Waals surface area contributed by atoms with E-state index in [0.29, 0.717) is 36.4 Å². The van der Waals surface area contributed by atoms with E-state index in [1.165, 1.54) is 0 Å². The van der Waals surface area contributed by atoms with E-state index in [2.05, 4.69) is 29.5 Å². The molecule has 0 bridgehead atoms. The van der Waals surface area contributed by atoms with Crippen LogP contribution in [0.3, 0.4) is 0 Å². The summed E-state index contributed by atoms with van der Waals surface area (Å²) in [5.74, 6) is 0.517. The molecule has 6 heteroatoms. The lowest BCUT2D eigenvalue weighted by molar-refractivity contribution is 0.0943. The van der Waals surface area contributed by atoms with Crippen LogP contribution in [-0.4, -0.2) is 27.9 Å². The smallest absolute Gasteiger partial charge is 0.291 e. The molecule has 2 N–H and O–H groups in total. The molecule has 0 fully saturated rings. The zero-order valence-corrected chi connectivity index (χ0v) is 17.2. The zero-order chi connectivity index (χ0) is 20.3. The fraction of sp³-hybridized carbons (Fsp3) is 0.500. The zero-order valence-electron chi connectivity index (χ0n) is 17.2. The summed E-state index contributed by atoms with van der Waals surface area (Å²) in [6.45, 7) is 9.60. The number of nitrogens with zero attached hydrogens (tertiary/aromatic N) is 2. The first-order valence-corrected chi connectivity index (χ1v) is 10.2. The van der Waals surface area contributed by atoms with Gasteiger partial charge in [-0.05, 0) is 42.7 Å². The Morgan fingerprint density at radius 2 is 1.86 bits per heavy atom. The van der Waals surface area contributed by atoms with Crippen molar-refractivity contribution in [1.82, 2.24) is 14.9 Å². The molecule has 0 saturated heterocycles. The lowest BCUT2D eigenvalue weighted by atomic mass is 10.0. The molecule has 1 aliphatic rings. The van der Waals surface area contributed by atoms with Gasteiger partial charge in [0.15, 0.2) is 5.82 Å². The van der Waals surface area contributed by atoms with E-state index >= 15 is 0 Å². The molecule has 2 heterocycles. The summed E-state index contributed by atoms with van der Waals surface area (Å²) in [6, 6.07) is 7.81. The monoisotopic (exact) mass is 382 g/mol. The molecule has 0 spiro atoms. The van der Waals surface area contributed by atoms with Gasteiger partial charge in [-0.1, -0.05) is 45.9 Å². The van der Waals surface area contributed by atoms with Crippen LogP contribution in [0, 0.1) is 5.92 Å². The molecule has 6 nitrogen and oxygen atoms in total. The SMILES string of the molecule is CC(C)CNC(=O)c1nc(C(=O)Nc2ccccc2C(C)C)n2c1CCCC2. The van der Waals surface area contributed by atoms with Crippen LogP contribution >= 0.6 is 0 Å². The number of carbonyl (C=O) groups is 2. The average Bonchev–Trinajstić information content (AvgIpc) is 3.06. The van der Waals surface area contributed by atoms with E-state index in [-0.39, 0.29) is 11.8 Å². The maximum Gasteiger partial charge on any atom is 0.291 e. The molecule has 0 radical (unpaired) electrons. The maximum atomic E-state index is 13.0. The Kier molecular flexibility index (Phi) is 6.17. The summed E-state index contributed by atoms with van der Waals surface area (Å²) < 4.78 is 1.92. The minimum Gasteiger partial charge on any atom is -0.350 e. The lowest BCUT2D eigenvalue weighted by Crippen LogP contribution is -2.29. The van der Waals surface area contributed by atoms with E-state index in [1.807, 2.05) is 42.7 Å². The van der Waals surface area contributed by atoms with Crippen molar-refractivity contribution in [1.29, 1.82) is 0 Å². The van der Waals surface area contributed by atoms with Crippen molar-refractivity contribution in [3.05, 3.63) is 47.0 Å². The third kappa shape index (κ3) is 4.26. The summed E-state index contributed by atoms with van der Waals surface area (Å²) in [7, 11) is 0. The van der Waals surface area contributed by atoms with Gasteiger partial charge in [-0.2, -0.15) is 0 Å². The Morgan fingerprint density at radius 1 is 1.11 bits per heavy atom. The van der Waals surface area contributed by atoms with Crippen LogP contribution in [0.5, 0.6) is 0 Å². The van der Waals surface area contributed by atoms with Crippen molar-refractivity contribution < 1.29 is 9.59 Å². The molecular weight excluding hydrogens is 352 g/mol. The number of hydrogen-bond donors (Lipinski definition) is 2. The molecule has 3 rings (SSSR count).